The number of carbonyl (C=O) groups is 2. The van der Waals surface area contributed by atoms with Crippen molar-refractivity contribution in [3.63, 3.8) is 0 Å². The second kappa shape index (κ2) is 5.96. The van der Waals surface area contributed by atoms with Crippen LogP contribution in [-0.4, -0.2) is 26.8 Å². The number of nitrogens with two attached hydrogens (primary N) is 1. The number of aryl methyl sites for hydroxylation is 1. The van der Waals surface area contributed by atoms with E-state index in [1.54, 1.807) is 18.3 Å². The molecule has 104 valence electrons. The zero-order valence-corrected chi connectivity index (χ0v) is 11.0. The van der Waals surface area contributed by atoms with Gasteiger partial charge in [0.1, 0.15) is 12.2 Å². The molecule has 0 aliphatic carbocycles. The molecular formula is C13H15N5O2. The summed E-state index contributed by atoms with van der Waals surface area (Å²) in [5.74, 6) is -0.677. The van der Waals surface area contributed by atoms with E-state index in [0.717, 1.165) is 5.56 Å². The van der Waals surface area contributed by atoms with E-state index in [1.807, 2.05) is 19.1 Å². The molecule has 1 aromatic carbocycles. The fourth-order valence-corrected chi connectivity index (χ4v) is 1.72. The highest BCUT2D eigenvalue weighted by Gasteiger charge is 2.07. The Morgan fingerprint density at radius 2 is 2.20 bits per heavy atom. The Hall–Kier alpha value is -2.70. The Balaban J connectivity index is 1.93. The van der Waals surface area contributed by atoms with E-state index < -0.39 is 5.91 Å². The molecule has 1 heterocycles. The van der Waals surface area contributed by atoms with Gasteiger partial charge in [0, 0.05) is 5.56 Å². The zero-order chi connectivity index (χ0) is 14.5. The minimum atomic E-state index is -0.495. The molecule has 0 saturated carbocycles. The number of amides is 2. The highest BCUT2D eigenvalue weighted by atomic mass is 16.2. The third-order valence-corrected chi connectivity index (χ3v) is 2.61. The number of primary amides is 1. The van der Waals surface area contributed by atoms with Gasteiger partial charge in [0.15, 0.2) is 0 Å². The molecule has 20 heavy (non-hydrogen) atoms. The number of hydrogen-bond acceptors (Lipinski definition) is 4. The lowest BCUT2D eigenvalue weighted by Gasteiger charge is -2.03. The van der Waals surface area contributed by atoms with Crippen LogP contribution in [0.5, 0.6) is 0 Å². The van der Waals surface area contributed by atoms with Gasteiger partial charge in [0.05, 0.1) is 12.7 Å². The summed E-state index contributed by atoms with van der Waals surface area (Å²) in [6.45, 7) is 2.14. The highest BCUT2D eigenvalue weighted by molar-refractivity contribution is 5.94. The maximum atomic E-state index is 11.9. The predicted octanol–water partition coefficient (Wildman–Crippen LogP) is 0.00182. The number of carbonyl (C=O) groups excluding carboxylic acids is 2. The van der Waals surface area contributed by atoms with Gasteiger partial charge in [-0.1, -0.05) is 22.9 Å². The van der Waals surface area contributed by atoms with Crippen molar-refractivity contribution in [2.45, 2.75) is 20.0 Å². The number of hydrogen-bond donors (Lipinski definition) is 2. The van der Waals surface area contributed by atoms with Crippen LogP contribution in [0.15, 0.2) is 30.5 Å². The van der Waals surface area contributed by atoms with Crippen molar-refractivity contribution >= 4 is 11.8 Å². The second-order valence-corrected chi connectivity index (χ2v) is 4.43. The average molecular weight is 273 g/mol. The van der Waals surface area contributed by atoms with E-state index in [4.69, 9.17) is 5.73 Å². The van der Waals surface area contributed by atoms with Crippen molar-refractivity contribution < 1.29 is 9.59 Å². The molecule has 0 fully saturated rings. The van der Waals surface area contributed by atoms with Gasteiger partial charge in [-0.25, -0.2) is 4.68 Å². The standard InChI is InChI=1S/C13H15N5O2/c1-9-3-2-4-10(5-9)13(20)15-6-11-7-18(17-16-11)8-12(14)19/h2-5,7H,6,8H2,1H3,(H2,14,19)(H,15,20). The molecule has 3 N–H and O–H groups in total. The van der Waals surface area contributed by atoms with E-state index >= 15 is 0 Å². The topological polar surface area (TPSA) is 103 Å². The van der Waals surface area contributed by atoms with E-state index in [9.17, 15) is 9.59 Å². The summed E-state index contributed by atoms with van der Waals surface area (Å²) in [6.07, 6.45) is 1.57. The molecule has 0 saturated heterocycles. The molecule has 7 nitrogen and oxygen atoms in total. The van der Waals surface area contributed by atoms with Crippen molar-refractivity contribution in [3.8, 4) is 0 Å². The van der Waals surface area contributed by atoms with Gasteiger partial charge in [-0.05, 0) is 19.1 Å². The summed E-state index contributed by atoms with van der Waals surface area (Å²) in [5.41, 5.74) is 7.22. The van der Waals surface area contributed by atoms with Crippen molar-refractivity contribution in [1.82, 2.24) is 20.3 Å². The van der Waals surface area contributed by atoms with E-state index in [-0.39, 0.29) is 19.0 Å². The molecule has 2 aromatic rings. The molecule has 1 aromatic heterocycles. The smallest absolute Gasteiger partial charge is 0.251 e. The van der Waals surface area contributed by atoms with Gasteiger partial charge in [0.2, 0.25) is 5.91 Å². The molecule has 0 bridgehead atoms. The number of nitrogens with zero attached hydrogens (tertiary/aromatic N) is 3. The molecular weight excluding hydrogens is 258 g/mol. The Kier molecular flexibility index (Phi) is 4.09. The minimum Gasteiger partial charge on any atom is -0.368 e. The summed E-state index contributed by atoms with van der Waals surface area (Å²) in [7, 11) is 0. The first-order valence-corrected chi connectivity index (χ1v) is 6.07. The molecule has 0 unspecified atom stereocenters. The molecule has 0 atom stereocenters. The van der Waals surface area contributed by atoms with Crippen LogP contribution in [0.25, 0.3) is 0 Å². The van der Waals surface area contributed by atoms with E-state index in [1.165, 1.54) is 4.68 Å². The Bertz CT molecular complexity index is 635. The van der Waals surface area contributed by atoms with Gasteiger partial charge in [-0.2, -0.15) is 0 Å². The van der Waals surface area contributed by atoms with Crippen molar-refractivity contribution in [2.75, 3.05) is 0 Å². The fraction of sp³-hybridized carbons (Fsp3) is 0.231. The summed E-state index contributed by atoms with van der Waals surface area (Å²) in [5, 5.41) is 10.3. The first-order valence-electron chi connectivity index (χ1n) is 6.07. The van der Waals surface area contributed by atoms with Crippen LogP contribution in [0, 0.1) is 6.92 Å². The third kappa shape index (κ3) is 3.64. The summed E-state index contributed by atoms with van der Waals surface area (Å²) >= 11 is 0. The van der Waals surface area contributed by atoms with Crippen LogP contribution in [-0.2, 0) is 17.9 Å². The number of rotatable bonds is 5. The van der Waals surface area contributed by atoms with Crippen molar-refractivity contribution in [3.05, 3.63) is 47.3 Å². The monoisotopic (exact) mass is 273 g/mol. The molecule has 2 amide bonds. The summed E-state index contributed by atoms with van der Waals surface area (Å²) in [6, 6.07) is 7.30. The lowest BCUT2D eigenvalue weighted by molar-refractivity contribution is -0.118. The third-order valence-electron chi connectivity index (χ3n) is 2.61. The van der Waals surface area contributed by atoms with Crippen LogP contribution < -0.4 is 11.1 Å². The summed E-state index contributed by atoms with van der Waals surface area (Å²) in [4.78, 5) is 22.6. The maximum Gasteiger partial charge on any atom is 0.251 e. The van der Waals surface area contributed by atoms with Crippen LogP contribution in [0.4, 0.5) is 0 Å². The van der Waals surface area contributed by atoms with Crippen LogP contribution in [0.1, 0.15) is 21.6 Å². The number of aromatic nitrogens is 3. The van der Waals surface area contributed by atoms with Gasteiger partial charge in [0.25, 0.3) is 5.91 Å². The minimum absolute atomic E-state index is 0.0289. The number of nitrogens with one attached hydrogen (secondary N) is 1. The highest BCUT2D eigenvalue weighted by Crippen LogP contribution is 2.04. The normalized spacial score (nSPS) is 10.2. The van der Waals surface area contributed by atoms with E-state index in [2.05, 4.69) is 15.6 Å². The van der Waals surface area contributed by atoms with Gasteiger partial charge < -0.3 is 11.1 Å². The van der Waals surface area contributed by atoms with Gasteiger partial charge in [-0.15, -0.1) is 5.10 Å². The maximum absolute atomic E-state index is 11.9. The molecule has 2 rings (SSSR count). The lowest BCUT2D eigenvalue weighted by atomic mass is 10.1. The largest absolute Gasteiger partial charge is 0.368 e. The fourth-order valence-electron chi connectivity index (χ4n) is 1.72. The molecule has 0 aliphatic heterocycles. The second-order valence-electron chi connectivity index (χ2n) is 4.43. The molecule has 7 heteroatoms. The Morgan fingerprint density at radius 3 is 2.90 bits per heavy atom. The van der Waals surface area contributed by atoms with Crippen LogP contribution in [0.2, 0.25) is 0 Å². The van der Waals surface area contributed by atoms with E-state index in [0.29, 0.717) is 11.3 Å². The Morgan fingerprint density at radius 1 is 1.40 bits per heavy atom. The lowest BCUT2D eigenvalue weighted by Crippen LogP contribution is -2.23. The number of benzene rings is 1. The van der Waals surface area contributed by atoms with Crippen molar-refractivity contribution in [2.24, 2.45) is 5.73 Å². The Labute approximate surface area is 115 Å². The molecule has 0 radical (unpaired) electrons. The molecule has 0 spiro atoms. The predicted molar refractivity (Wildman–Crippen MR) is 71.6 cm³/mol. The first kappa shape index (κ1) is 13.7. The van der Waals surface area contributed by atoms with Crippen LogP contribution in [0.3, 0.4) is 0 Å². The summed E-state index contributed by atoms with van der Waals surface area (Å²) < 4.78 is 1.33. The quantitative estimate of drug-likeness (QED) is 0.800. The van der Waals surface area contributed by atoms with Gasteiger partial charge in [-0.3, -0.25) is 9.59 Å². The molecule has 0 aliphatic rings. The average Bonchev–Trinajstić information content (AvgIpc) is 2.82. The van der Waals surface area contributed by atoms with Gasteiger partial charge >= 0.3 is 0 Å². The van der Waals surface area contributed by atoms with Crippen LogP contribution >= 0.6 is 0 Å². The first-order chi connectivity index (χ1) is 9.54. The van der Waals surface area contributed by atoms with Crippen molar-refractivity contribution in [1.29, 1.82) is 0 Å². The zero-order valence-electron chi connectivity index (χ0n) is 11.0. The SMILES string of the molecule is Cc1cccc(C(=O)NCc2cn(CC(N)=O)nn2)c1.